The van der Waals surface area contributed by atoms with Gasteiger partial charge in [0, 0.05) is 20.2 Å². The molecule has 0 fully saturated rings. The smallest absolute Gasteiger partial charge is 0.313 e. The molecule has 0 spiro atoms. The Kier molecular flexibility index (Phi) is 3.74. The third-order valence-corrected chi connectivity index (χ3v) is 3.33. The number of ether oxygens (including phenoxy) is 1. The molecular formula is C10H13N5O3S. The van der Waals surface area contributed by atoms with E-state index in [1.807, 2.05) is 0 Å². The van der Waals surface area contributed by atoms with Crippen molar-refractivity contribution in [2.24, 2.45) is 14.1 Å². The number of carboxylic acids is 1. The topological polar surface area (TPSA) is 95.1 Å². The van der Waals surface area contributed by atoms with E-state index in [4.69, 9.17) is 9.84 Å². The number of aryl methyl sites for hydroxylation is 2. The third-order valence-electron chi connectivity index (χ3n) is 2.32. The molecule has 0 amide bonds. The summed E-state index contributed by atoms with van der Waals surface area (Å²) in [5.41, 5.74) is 0.581. The molecule has 0 aromatic carbocycles. The summed E-state index contributed by atoms with van der Waals surface area (Å²) in [4.78, 5) is 14.8. The largest absolute Gasteiger partial charge is 0.481 e. The Bertz CT molecular complexity index is 606. The first-order valence-corrected chi connectivity index (χ1v) is 6.34. The Labute approximate surface area is 113 Å². The zero-order chi connectivity index (χ0) is 14.0. The lowest BCUT2D eigenvalue weighted by atomic mass is 10.4. The van der Waals surface area contributed by atoms with Gasteiger partial charge in [0.1, 0.15) is 5.69 Å². The summed E-state index contributed by atoms with van der Waals surface area (Å²) in [5.74, 6) is 0.0860. The highest BCUT2D eigenvalue weighted by atomic mass is 32.2. The zero-order valence-corrected chi connectivity index (χ0v) is 11.5. The van der Waals surface area contributed by atoms with Crippen molar-refractivity contribution < 1.29 is 14.6 Å². The second-order valence-corrected chi connectivity index (χ2v) is 4.66. The number of nitrogens with zero attached hydrogens (tertiary/aromatic N) is 5. The molecule has 0 saturated carbocycles. The van der Waals surface area contributed by atoms with Crippen molar-refractivity contribution in [1.29, 1.82) is 0 Å². The highest BCUT2D eigenvalue weighted by Gasteiger charge is 2.15. The fourth-order valence-electron chi connectivity index (χ4n) is 1.48. The van der Waals surface area contributed by atoms with E-state index in [-0.39, 0.29) is 5.75 Å². The molecular weight excluding hydrogens is 270 g/mol. The summed E-state index contributed by atoms with van der Waals surface area (Å²) in [6, 6.07) is 1.72. The van der Waals surface area contributed by atoms with Crippen molar-refractivity contribution in [1.82, 2.24) is 24.5 Å². The summed E-state index contributed by atoms with van der Waals surface area (Å²) >= 11 is 1.11. The molecule has 2 heterocycles. The first-order valence-electron chi connectivity index (χ1n) is 5.35. The van der Waals surface area contributed by atoms with Crippen LogP contribution in [0.2, 0.25) is 0 Å². The Morgan fingerprint density at radius 2 is 2.16 bits per heavy atom. The van der Waals surface area contributed by atoms with Crippen molar-refractivity contribution in [2.45, 2.75) is 5.16 Å². The van der Waals surface area contributed by atoms with Crippen LogP contribution in [0.1, 0.15) is 0 Å². The van der Waals surface area contributed by atoms with E-state index in [2.05, 4.69) is 15.2 Å². The van der Waals surface area contributed by atoms with Crippen LogP contribution in [0.3, 0.4) is 0 Å². The average molecular weight is 283 g/mol. The van der Waals surface area contributed by atoms with Gasteiger partial charge in [0.2, 0.25) is 11.7 Å². The maximum atomic E-state index is 10.5. The first kappa shape index (κ1) is 13.4. The highest BCUT2D eigenvalue weighted by molar-refractivity contribution is 7.99. The van der Waals surface area contributed by atoms with Crippen LogP contribution >= 0.6 is 11.8 Å². The van der Waals surface area contributed by atoms with Crippen molar-refractivity contribution >= 4 is 17.7 Å². The number of carboxylic acid groups (broad SMARTS) is 1. The van der Waals surface area contributed by atoms with Crippen LogP contribution in [0.4, 0.5) is 0 Å². The second-order valence-electron chi connectivity index (χ2n) is 3.72. The molecule has 0 saturated heterocycles. The fourth-order valence-corrected chi connectivity index (χ4v) is 2.11. The number of aliphatic carboxylic acids is 1. The van der Waals surface area contributed by atoms with Gasteiger partial charge in [0.15, 0.2) is 5.16 Å². The van der Waals surface area contributed by atoms with Crippen LogP contribution in [0.15, 0.2) is 11.2 Å². The SMILES string of the molecule is COc1cc(-c2nc(SCC(=O)O)n(C)n2)nn1C. The van der Waals surface area contributed by atoms with Crippen LogP contribution < -0.4 is 4.74 Å². The van der Waals surface area contributed by atoms with Crippen molar-refractivity contribution in [3.63, 3.8) is 0 Å². The molecule has 0 aliphatic carbocycles. The summed E-state index contributed by atoms with van der Waals surface area (Å²) < 4.78 is 8.23. The van der Waals surface area contributed by atoms with Crippen LogP contribution in [0.5, 0.6) is 5.88 Å². The Hall–Kier alpha value is -2.03. The molecule has 2 aromatic rings. The van der Waals surface area contributed by atoms with Gasteiger partial charge in [-0.2, -0.15) is 10.1 Å². The Balaban J connectivity index is 2.25. The number of rotatable bonds is 5. The summed E-state index contributed by atoms with van der Waals surface area (Å²) in [6.45, 7) is 0. The standard InChI is InChI=1S/C10H13N5O3S/c1-14-7(18-3)4-6(12-14)9-11-10(15(2)13-9)19-5-8(16)17/h4H,5H2,1-3H3,(H,16,17). The molecule has 1 N–H and O–H groups in total. The lowest BCUT2D eigenvalue weighted by Gasteiger charge is -1.95. The molecule has 0 radical (unpaired) electrons. The highest BCUT2D eigenvalue weighted by Crippen LogP contribution is 2.22. The summed E-state index contributed by atoms with van der Waals surface area (Å²) in [6.07, 6.45) is 0. The van der Waals surface area contributed by atoms with Gasteiger partial charge in [-0.05, 0) is 0 Å². The molecule has 9 heteroatoms. The van der Waals surface area contributed by atoms with Crippen molar-refractivity contribution in [2.75, 3.05) is 12.9 Å². The molecule has 2 aromatic heterocycles. The van der Waals surface area contributed by atoms with Gasteiger partial charge in [0.05, 0.1) is 12.9 Å². The first-order chi connectivity index (χ1) is 9.01. The van der Waals surface area contributed by atoms with E-state index in [9.17, 15) is 4.79 Å². The van der Waals surface area contributed by atoms with E-state index in [0.717, 1.165) is 11.8 Å². The van der Waals surface area contributed by atoms with Crippen molar-refractivity contribution in [3.05, 3.63) is 6.07 Å². The van der Waals surface area contributed by atoms with Gasteiger partial charge in [0.25, 0.3) is 0 Å². The van der Waals surface area contributed by atoms with Crippen LogP contribution in [-0.4, -0.2) is 48.5 Å². The van der Waals surface area contributed by atoms with Gasteiger partial charge >= 0.3 is 5.97 Å². The maximum absolute atomic E-state index is 10.5. The molecule has 102 valence electrons. The minimum atomic E-state index is -0.894. The minimum Gasteiger partial charge on any atom is -0.481 e. The minimum absolute atomic E-state index is 0.0580. The molecule has 19 heavy (non-hydrogen) atoms. The van der Waals surface area contributed by atoms with E-state index < -0.39 is 5.97 Å². The van der Waals surface area contributed by atoms with Gasteiger partial charge in [-0.25, -0.2) is 9.36 Å². The fraction of sp³-hybridized carbons (Fsp3) is 0.400. The monoisotopic (exact) mass is 283 g/mol. The van der Waals surface area contributed by atoms with Gasteiger partial charge in [-0.1, -0.05) is 11.8 Å². The lowest BCUT2D eigenvalue weighted by Crippen LogP contribution is -2.00. The number of thioether (sulfide) groups is 1. The van der Waals surface area contributed by atoms with E-state index in [1.165, 1.54) is 4.68 Å². The normalized spacial score (nSPS) is 10.7. The van der Waals surface area contributed by atoms with E-state index in [1.54, 1.807) is 32.0 Å². The molecule has 0 aliphatic heterocycles. The number of carbonyl (C=O) groups is 1. The van der Waals surface area contributed by atoms with E-state index in [0.29, 0.717) is 22.6 Å². The average Bonchev–Trinajstić information content (AvgIpc) is 2.90. The van der Waals surface area contributed by atoms with Gasteiger partial charge in [-0.3, -0.25) is 4.79 Å². The number of hydrogen-bond acceptors (Lipinski definition) is 6. The summed E-state index contributed by atoms with van der Waals surface area (Å²) in [7, 11) is 5.02. The van der Waals surface area contributed by atoms with Crippen LogP contribution in [0, 0.1) is 0 Å². The van der Waals surface area contributed by atoms with Crippen LogP contribution in [-0.2, 0) is 18.9 Å². The number of hydrogen-bond donors (Lipinski definition) is 1. The van der Waals surface area contributed by atoms with E-state index >= 15 is 0 Å². The molecule has 0 bridgehead atoms. The predicted molar refractivity (Wildman–Crippen MR) is 68.1 cm³/mol. The molecule has 0 aliphatic rings. The zero-order valence-electron chi connectivity index (χ0n) is 10.7. The molecule has 0 atom stereocenters. The van der Waals surface area contributed by atoms with Crippen molar-refractivity contribution in [3.8, 4) is 17.4 Å². The number of aromatic nitrogens is 5. The Morgan fingerprint density at radius 3 is 2.74 bits per heavy atom. The molecule has 0 unspecified atom stereocenters. The van der Waals surface area contributed by atoms with Gasteiger partial charge < -0.3 is 9.84 Å². The summed E-state index contributed by atoms with van der Waals surface area (Å²) in [5, 5.41) is 17.6. The molecule has 2 rings (SSSR count). The maximum Gasteiger partial charge on any atom is 0.313 e. The Morgan fingerprint density at radius 1 is 1.42 bits per heavy atom. The van der Waals surface area contributed by atoms with Crippen LogP contribution in [0.25, 0.3) is 11.5 Å². The number of methoxy groups -OCH3 is 1. The molecule has 8 nitrogen and oxygen atoms in total. The third kappa shape index (κ3) is 2.87. The second kappa shape index (κ2) is 5.31. The lowest BCUT2D eigenvalue weighted by molar-refractivity contribution is -0.133. The van der Waals surface area contributed by atoms with Gasteiger partial charge in [-0.15, -0.1) is 5.10 Å². The predicted octanol–water partition coefficient (Wildman–Crippen LogP) is 0.401. The quantitative estimate of drug-likeness (QED) is 0.793.